The highest BCUT2D eigenvalue weighted by molar-refractivity contribution is 6.35. The van der Waals surface area contributed by atoms with Gasteiger partial charge in [0, 0.05) is 15.6 Å². The zero-order chi connectivity index (χ0) is 13.8. The topological polar surface area (TPSA) is 9.23 Å². The molecule has 2 rings (SSSR count). The van der Waals surface area contributed by atoms with E-state index in [2.05, 4.69) is 19.9 Å². The van der Waals surface area contributed by atoms with Crippen LogP contribution < -0.4 is 4.74 Å². The van der Waals surface area contributed by atoms with Gasteiger partial charge in [-0.15, -0.1) is 0 Å². The highest BCUT2D eigenvalue weighted by Crippen LogP contribution is 2.29. The van der Waals surface area contributed by atoms with E-state index >= 15 is 0 Å². The lowest BCUT2D eigenvalue weighted by Gasteiger charge is -2.15. The first-order chi connectivity index (χ1) is 9.09. The van der Waals surface area contributed by atoms with Gasteiger partial charge in [-0.05, 0) is 29.7 Å². The second kappa shape index (κ2) is 6.31. The molecule has 1 nitrogen and oxygen atoms in total. The van der Waals surface area contributed by atoms with E-state index in [9.17, 15) is 0 Å². The number of benzene rings is 2. The Morgan fingerprint density at radius 3 is 2.21 bits per heavy atom. The molecule has 0 unspecified atom stereocenters. The summed E-state index contributed by atoms with van der Waals surface area (Å²) in [6, 6.07) is 13.5. The van der Waals surface area contributed by atoms with Crippen molar-refractivity contribution in [2.45, 2.75) is 26.4 Å². The molecular weight excluding hydrogens is 279 g/mol. The maximum atomic E-state index is 6.13. The van der Waals surface area contributed by atoms with E-state index in [0.717, 1.165) is 11.3 Å². The summed E-state index contributed by atoms with van der Waals surface area (Å²) in [6.45, 7) is 4.66. The molecule has 0 saturated heterocycles. The number of hydrogen-bond acceptors (Lipinski definition) is 1. The minimum atomic E-state index is 0.377. The first kappa shape index (κ1) is 14.2. The van der Waals surface area contributed by atoms with Crippen LogP contribution in [0.15, 0.2) is 42.5 Å². The fourth-order valence-corrected chi connectivity index (χ4v) is 2.42. The third-order valence-electron chi connectivity index (χ3n) is 2.97. The number of para-hydroxylation sites is 1. The van der Waals surface area contributed by atoms with Gasteiger partial charge in [0.1, 0.15) is 12.4 Å². The van der Waals surface area contributed by atoms with E-state index in [1.165, 1.54) is 5.56 Å². The summed E-state index contributed by atoms with van der Waals surface area (Å²) in [5.41, 5.74) is 2.01. The Morgan fingerprint density at radius 2 is 1.58 bits per heavy atom. The standard InChI is InChI=1S/C16H16Cl2O/c1-11(2)12-6-3-4-9-16(12)19-10-13-14(17)7-5-8-15(13)18/h3-9,11H,10H2,1-2H3. The molecule has 0 aliphatic heterocycles. The molecule has 0 atom stereocenters. The van der Waals surface area contributed by atoms with Gasteiger partial charge in [-0.3, -0.25) is 0 Å². The SMILES string of the molecule is CC(C)c1ccccc1OCc1c(Cl)cccc1Cl. The summed E-state index contributed by atoms with van der Waals surface area (Å²) >= 11 is 12.3. The lowest BCUT2D eigenvalue weighted by molar-refractivity contribution is 0.302. The molecule has 100 valence electrons. The van der Waals surface area contributed by atoms with E-state index < -0.39 is 0 Å². The lowest BCUT2D eigenvalue weighted by Crippen LogP contribution is -2.00. The Kier molecular flexibility index (Phi) is 4.73. The van der Waals surface area contributed by atoms with Gasteiger partial charge in [-0.1, -0.05) is 61.3 Å². The van der Waals surface area contributed by atoms with Crippen molar-refractivity contribution in [3.63, 3.8) is 0 Å². The third kappa shape index (κ3) is 3.43. The van der Waals surface area contributed by atoms with Crippen molar-refractivity contribution in [1.82, 2.24) is 0 Å². The Labute approximate surface area is 124 Å². The molecule has 2 aromatic rings. The second-order valence-corrected chi connectivity index (χ2v) is 5.50. The van der Waals surface area contributed by atoms with Gasteiger partial charge >= 0.3 is 0 Å². The first-order valence-electron chi connectivity index (χ1n) is 6.24. The highest BCUT2D eigenvalue weighted by atomic mass is 35.5. The largest absolute Gasteiger partial charge is 0.489 e. The maximum absolute atomic E-state index is 6.13. The number of hydrogen-bond donors (Lipinski definition) is 0. The normalized spacial score (nSPS) is 10.8. The van der Waals surface area contributed by atoms with E-state index in [-0.39, 0.29) is 0 Å². The highest BCUT2D eigenvalue weighted by Gasteiger charge is 2.10. The molecule has 0 N–H and O–H groups in total. The Morgan fingerprint density at radius 1 is 0.947 bits per heavy atom. The van der Waals surface area contributed by atoms with E-state index in [1.54, 1.807) is 0 Å². The Balaban J connectivity index is 2.19. The first-order valence-corrected chi connectivity index (χ1v) is 6.99. The minimum Gasteiger partial charge on any atom is -0.489 e. The summed E-state index contributed by atoms with van der Waals surface area (Å²) in [5.74, 6) is 1.30. The molecule has 0 amide bonds. The van der Waals surface area contributed by atoms with Crippen LogP contribution in [0.1, 0.15) is 30.9 Å². The summed E-state index contributed by atoms with van der Waals surface area (Å²) in [7, 11) is 0. The van der Waals surface area contributed by atoms with E-state index in [1.807, 2.05) is 36.4 Å². The van der Waals surface area contributed by atoms with Gasteiger partial charge < -0.3 is 4.74 Å². The van der Waals surface area contributed by atoms with Gasteiger partial charge in [0.2, 0.25) is 0 Å². The van der Waals surface area contributed by atoms with Gasteiger partial charge in [0.05, 0.1) is 0 Å². The minimum absolute atomic E-state index is 0.377. The van der Waals surface area contributed by atoms with E-state index in [4.69, 9.17) is 27.9 Å². The van der Waals surface area contributed by atoms with E-state index in [0.29, 0.717) is 22.6 Å². The smallest absolute Gasteiger partial charge is 0.123 e. The van der Waals surface area contributed by atoms with Crippen LogP contribution in [-0.4, -0.2) is 0 Å². The number of halogens is 2. The zero-order valence-electron chi connectivity index (χ0n) is 11.0. The number of rotatable bonds is 4. The van der Waals surface area contributed by atoms with Crippen LogP contribution in [0.2, 0.25) is 10.0 Å². The van der Waals surface area contributed by atoms with Crippen LogP contribution >= 0.6 is 23.2 Å². The fraction of sp³-hybridized carbons (Fsp3) is 0.250. The van der Waals surface area contributed by atoms with Crippen LogP contribution in [0.4, 0.5) is 0 Å². The van der Waals surface area contributed by atoms with Crippen LogP contribution in [0.25, 0.3) is 0 Å². The van der Waals surface area contributed by atoms with Crippen molar-refractivity contribution in [3.8, 4) is 5.75 Å². The molecule has 0 heterocycles. The van der Waals surface area contributed by atoms with Crippen molar-refractivity contribution in [2.75, 3.05) is 0 Å². The van der Waals surface area contributed by atoms with Crippen molar-refractivity contribution in [3.05, 3.63) is 63.6 Å². The van der Waals surface area contributed by atoms with Crippen LogP contribution in [-0.2, 0) is 6.61 Å². The van der Waals surface area contributed by atoms with Crippen LogP contribution in [0, 0.1) is 0 Å². The monoisotopic (exact) mass is 294 g/mol. The molecule has 0 bridgehead atoms. The molecule has 0 aliphatic rings. The van der Waals surface area contributed by atoms with Crippen molar-refractivity contribution in [2.24, 2.45) is 0 Å². The predicted octanol–water partition coefficient (Wildman–Crippen LogP) is 5.70. The summed E-state index contributed by atoms with van der Waals surface area (Å²) in [4.78, 5) is 0. The molecule has 3 heteroatoms. The lowest BCUT2D eigenvalue weighted by atomic mass is 10.0. The van der Waals surface area contributed by atoms with Crippen molar-refractivity contribution < 1.29 is 4.74 Å². The molecule has 0 aromatic heterocycles. The molecule has 0 radical (unpaired) electrons. The quantitative estimate of drug-likeness (QED) is 0.703. The molecule has 0 fully saturated rings. The molecule has 19 heavy (non-hydrogen) atoms. The van der Waals surface area contributed by atoms with Crippen molar-refractivity contribution in [1.29, 1.82) is 0 Å². The molecule has 0 saturated carbocycles. The number of ether oxygens (including phenoxy) is 1. The van der Waals surface area contributed by atoms with Crippen LogP contribution in [0.3, 0.4) is 0 Å². The summed E-state index contributed by atoms with van der Waals surface area (Å²) in [6.07, 6.45) is 0. The average molecular weight is 295 g/mol. The van der Waals surface area contributed by atoms with Gasteiger partial charge in [-0.2, -0.15) is 0 Å². The fourth-order valence-electron chi connectivity index (χ4n) is 1.91. The van der Waals surface area contributed by atoms with Gasteiger partial charge in [0.25, 0.3) is 0 Å². The second-order valence-electron chi connectivity index (χ2n) is 4.68. The summed E-state index contributed by atoms with van der Waals surface area (Å²) in [5, 5.41) is 1.27. The third-order valence-corrected chi connectivity index (χ3v) is 3.68. The molecule has 0 spiro atoms. The van der Waals surface area contributed by atoms with Crippen molar-refractivity contribution >= 4 is 23.2 Å². The maximum Gasteiger partial charge on any atom is 0.123 e. The van der Waals surface area contributed by atoms with Gasteiger partial charge in [0.15, 0.2) is 0 Å². The van der Waals surface area contributed by atoms with Gasteiger partial charge in [-0.25, -0.2) is 0 Å². The predicted molar refractivity (Wildman–Crippen MR) is 81.3 cm³/mol. The Bertz CT molecular complexity index is 544. The molecular formula is C16H16Cl2O. The molecule has 2 aromatic carbocycles. The average Bonchev–Trinajstić information content (AvgIpc) is 2.38. The molecule has 0 aliphatic carbocycles. The summed E-state index contributed by atoms with van der Waals surface area (Å²) < 4.78 is 5.88. The van der Waals surface area contributed by atoms with Crippen LogP contribution in [0.5, 0.6) is 5.75 Å². The zero-order valence-corrected chi connectivity index (χ0v) is 12.5. The Hall–Kier alpha value is -1.18.